The maximum absolute atomic E-state index is 11.1. The molecule has 2 nitrogen and oxygen atoms in total. The van der Waals surface area contributed by atoms with Crippen molar-refractivity contribution in [2.24, 2.45) is 5.73 Å². The van der Waals surface area contributed by atoms with E-state index in [9.17, 15) is 4.79 Å². The summed E-state index contributed by atoms with van der Waals surface area (Å²) in [4.78, 5) is 11.1. The van der Waals surface area contributed by atoms with Gasteiger partial charge in [-0.1, -0.05) is 35.9 Å². The molecule has 0 unspecified atom stereocenters. The fourth-order valence-corrected chi connectivity index (χ4v) is 2.19. The minimum Gasteiger partial charge on any atom is -0.369 e. The molecule has 0 aromatic rings. The van der Waals surface area contributed by atoms with Crippen molar-refractivity contribution in [1.82, 2.24) is 0 Å². The third kappa shape index (κ3) is 1.91. The number of carbonyl (C=O) groups is 1. The van der Waals surface area contributed by atoms with Crippen LogP contribution in [0.25, 0.3) is 11.1 Å². The number of primary amides is 1. The van der Waals surface area contributed by atoms with Crippen LogP contribution >= 0.6 is 0 Å². The van der Waals surface area contributed by atoms with E-state index in [1.807, 2.05) is 25.1 Å². The smallest absolute Gasteiger partial charge is 0.221 e. The molecule has 0 bridgehead atoms. The Morgan fingerprint density at radius 3 is 2.56 bits per heavy atom. The molecule has 0 aromatic heterocycles. The van der Waals surface area contributed by atoms with E-state index in [0.29, 0.717) is 6.42 Å². The van der Waals surface area contributed by atoms with Gasteiger partial charge >= 0.3 is 0 Å². The lowest BCUT2D eigenvalue weighted by Crippen LogP contribution is -2.13. The number of fused-ring (bicyclic) bond motifs is 1. The molecule has 2 N–H and O–H groups in total. The molecule has 0 spiro atoms. The molecule has 0 heterocycles. The minimum absolute atomic E-state index is 0.286. The van der Waals surface area contributed by atoms with Gasteiger partial charge < -0.3 is 5.73 Å². The summed E-state index contributed by atoms with van der Waals surface area (Å²) in [5.74, 6) is -0.286. The van der Waals surface area contributed by atoms with E-state index >= 15 is 0 Å². The normalized spacial score (nSPS) is 10.6. The number of rotatable bonds is 2. The van der Waals surface area contributed by atoms with Crippen LogP contribution in [0.1, 0.15) is 16.7 Å². The molecule has 2 aliphatic carbocycles. The Balaban J connectivity index is 2.66. The summed E-state index contributed by atoms with van der Waals surface area (Å²) in [6, 6.07) is 10.3. The largest absolute Gasteiger partial charge is 0.369 e. The Bertz CT molecular complexity index is 517. The minimum atomic E-state index is -0.286. The summed E-state index contributed by atoms with van der Waals surface area (Å²) in [6.07, 6.45) is 0.301. The van der Waals surface area contributed by atoms with Gasteiger partial charge in [0.25, 0.3) is 0 Å². The molecule has 0 aromatic carbocycles. The maximum Gasteiger partial charge on any atom is 0.221 e. The van der Waals surface area contributed by atoms with E-state index in [0.717, 1.165) is 16.7 Å². The van der Waals surface area contributed by atoms with Crippen LogP contribution in [-0.2, 0) is 11.2 Å². The van der Waals surface area contributed by atoms with Crippen LogP contribution in [0.2, 0.25) is 0 Å². The molecular weight excluding hydrogens is 198 g/mol. The van der Waals surface area contributed by atoms with E-state index in [-0.39, 0.29) is 5.91 Å². The van der Waals surface area contributed by atoms with Crippen molar-refractivity contribution in [1.29, 1.82) is 0 Å². The molecule has 0 aliphatic heterocycles. The zero-order valence-electron chi connectivity index (χ0n) is 9.58. The fourth-order valence-electron chi connectivity index (χ4n) is 2.19. The van der Waals surface area contributed by atoms with E-state index in [1.54, 1.807) is 0 Å². The second-order valence-electron chi connectivity index (χ2n) is 4.24. The first-order valence-corrected chi connectivity index (χ1v) is 5.35. The molecular formula is C14H15NO. The highest BCUT2D eigenvalue weighted by Gasteiger charge is 2.11. The standard InChI is InChI=1S/C14H15NO/c1-9-6-10(2)12-4-3-5-13(12)11(7-9)8-14(15)16/h3-7H,8H2,1-2H3,(H2,15,16). The molecule has 0 saturated heterocycles. The lowest BCUT2D eigenvalue weighted by atomic mass is 10.0. The highest BCUT2D eigenvalue weighted by atomic mass is 16.1. The van der Waals surface area contributed by atoms with Crippen molar-refractivity contribution in [2.75, 3.05) is 0 Å². The summed E-state index contributed by atoms with van der Waals surface area (Å²) < 4.78 is 0. The first-order valence-electron chi connectivity index (χ1n) is 5.35. The maximum atomic E-state index is 11.1. The highest BCUT2D eigenvalue weighted by molar-refractivity contribution is 5.82. The number of amides is 1. The van der Waals surface area contributed by atoms with Crippen LogP contribution in [0.5, 0.6) is 0 Å². The Morgan fingerprint density at radius 1 is 1.19 bits per heavy atom. The average molecular weight is 213 g/mol. The second-order valence-corrected chi connectivity index (χ2v) is 4.24. The zero-order valence-corrected chi connectivity index (χ0v) is 9.58. The summed E-state index contributed by atoms with van der Waals surface area (Å²) >= 11 is 0. The van der Waals surface area contributed by atoms with Crippen LogP contribution in [0.4, 0.5) is 0 Å². The van der Waals surface area contributed by atoms with Gasteiger partial charge in [-0.05, 0) is 36.1 Å². The molecule has 0 radical (unpaired) electrons. The van der Waals surface area contributed by atoms with Crippen molar-refractivity contribution >= 4 is 5.91 Å². The Morgan fingerprint density at radius 2 is 1.88 bits per heavy atom. The first-order chi connectivity index (χ1) is 7.58. The van der Waals surface area contributed by atoms with Gasteiger partial charge in [0, 0.05) is 0 Å². The summed E-state index contributed by atoms with van der Waals surface area (Å²) in [7, 11) is 0. The third-order valence-corrected chi connectivity index (χ3v) is 2.80. The molecule has 0 saturated carbocycles. The van der Waals surface area contributed by atoms with Gasteiger partial charge in [0.15, 0.2) is 0 Å². The number of hydrogen-bond donors (Lipinski definition) is 1. The summed E-state index contributed by atoms with van der Waals surface area (Å²) in [5, 5.41) is 0. The van der Waals surface area contributed by atoms with Crippen LogP contribution < -0.4 is 5.73 Å². The molecule has 2 rings (SSSR count). The summed E-state index contributed by atoms with van der Waals surface area (Å²) in [6.45, 7) is 4.12. The van der Waals surface area contributed by atoms with Crippen molar-refractivity contribution in [3.8, 4) is 11.1 Å². The fraction of sp³-hybridized carbons (Fsp3) is 0.214. The predicted molar refractivity (Wildman–Crippen MR) is 65.4 cm³/mol. The van der Waals surface area contributed by atoms with Crippen LogP contribution in [0, 0.1) is 13.8 Å². The highest BCUT2D eigenvalue weighted by Crippen LogP contribution is 2.30. The predicted octanol–water partition coefficient (Wildman–Crippen LogP) is 2.44. The van der Waals surface area contributed by atoms with Gasteiger partial charge in [-0.3, -0.25) is 4.79 Å². The molecule has 2 aliphatic rings. The quantitative estimate of drug-likeness (QED) is 0.818. The lowest BCUT2D eigenvalue weighted by molar-refractivity contribution is -0.117. The van der Waals surface area contributed by atoms with Crippen molar-refractivity contribution in [2.45, 2.75) is 20.3 Å². The molecule has 1 amide bonds. The van der Waals surface area contributed by atoms with E-state index in [4.69, 9.17) is 5.73 Å². The van der Waals surface area contributed by atoms with Crippen LogP contribution in [0.3, 0.4) is 0 Å². The second kappa shape index (κ2) is 3.97. The van der Waals surface area contributed by atoms with E-state index < -0.39 is 0 Å². The van der Waals surface area contributed by atoms with Gasteiger partial charge in [-0.2, -0.15) is 0 Å². The van der Waals surface area contributed by atoms with E-state index in [2.05, 4.69) is 19.1 Å². The van der Waals surface area contributed by atoms with Gasteiger partial charge in [0.1, 0.15) is 0 Å². The number of aryl methyl sites for hydroxylation is 2. The average Bonchev–Trinajstić information content (AvgIpc) is 2.59. The summed E-state index contributed by atoms with van der Waals surface area (Å²) in [5.41, 5.74) is 11.0. The third-order valence-electron chi connectivity index (χ3n) is 2.80. The number of hydrogen-bond acceptors (Lipinski definition) is 1. The van der Waals surface area contributed by atoms with Crippen LogP contribution in [-0.4, -0.2) is 5.91 Å². The Hall–Kier alpha value is -1.83. The monoisotopic (exact) mass is 213 g/mol. The van der Waals surface area contributed by atoms with Crippen molar-refractivity contribution < 1.29 is 4.79 Å². The molecule has 0 fully saturated rings. The van der Waals surface area contributed by atoms with Crippen molar-refractivity contribution in [3.63, 3.8) is 0 Å². The Labute approximate surface area is 95.4 Å². The molecule has 82 valence electrons. The van der Waals surface area contributed by atoms with Crippen LogP contribution in [0.15, 0.2) is 30.3 Å². The van der Waals surface area contributed by atoms with E-state index in [1.165, 1.54) is 11.1 Å². The topological polar surface area (TPSA) is 43.1 Å². The first kappa shape index (κ1) is 10.7. The van der Waals surface area contributed by atoms with Gasteiger partial charge in [0.05, 0.1) is 6.42 Å². The van der Waals surface area contributed by atoms with Gasteiger partial charge in [-0.25, -0.2) is 0 Å². The number of nitrogens with two attached hydrogens (primary N) is 1. The lowest BCUT2D eigenvalue weighted by Gasteiger charge is -2.02. The SMILES string of the molecule is Cc1cc(C)c2cccc-2c(CC(N)=O)c1. The number of carbonyl (C=O) groups excluding carboxylic acids is 1. The molecule has 2 heteroatoms. The van der Waals surface area contributed by atoms with Gasteiger partial charge in [0.2, 0.25) is 5.91 Å². The molecule has 16 heavy (non-hydrogen) atoms. The molecule has 0 atom stereocenters. The van der Waals surface area contributed by atoms with Gasteiger partial charge in [-0.15, -0.1) is 0 Å². The Kier molecular flexibility index (Phi) is 2.65. The van der Waals surface area contributed by atoms with Crippen molar-refractivity contribution in [3.05, 3.63) is 47.0 Å². The zero-order chi connectivity index (χ0) is 11.7.